The number of hydrogen-bond donors (Lipinski definition) is 0. The Morgan fingerprint density at radius 1 is 1.36 bits per heavy atom. The van der Waals surface area contributed by atoms with Crippen LogP contribution in [0, 0.1) is 12.8 Å². The average Bonchev–Trinajstić information content (AvgIpc) is 2.50. The highest BCUT2D eigenvalue weighted by atomic mass is 35.5. The van der Waals surface area contributed by atoms with Gasteiger partial charge in [-0.05, 0) is 37.5 Å². The number of carbonyl (C=O) groups is 2. The van der Waals surface area contributed by atoms with Crippen LogP contribution < -0.4 is 4.74 Å². The van der Waals surface area contributed by atoms with E-state index in [9.17, 15) is 9.59 Å². The highest BCUT2D eigenvalue weighted by molar-refractivity contribution is 6.32. The number of hydrogen-bond acceptors (Lipinski definition) is 3. The molecule has 1 aromatic carbocycles. The second kappa shape index (κ2) is 7.01. The Kier molecular flexibility index (Phi) is 5.29. The van der Waals surface area contributed by atoms with Crippen LogP contribution >= 0.6 is 11.6 Å². The number of carbonyl (C=O) groups excluding carboxylic acids is 2. The van der Waals surface area contributed by atoms with Crippen LogP contribution in [0.15, 0.2) is 18.2 Å². The molecule has 1 aromatic rings. The molecule has 2 rings (SSSR count). The van der Waals surface area contributed by atoms with Gasteiger partial charge in [-0.3, -0.25) is 4.79 Å². The van der Waals surface area contributed by atoms with Crippen LogP contribution in [0.2, 0.25) is 5.02 Å². The first kappa shape index (κ1) is 16.6. The van der Waals surface area contributed by atoms with Crippen molar-refractivity contribution in [1.29, 1.82) is 0 Å². The molecule has 1 aliphatic heterocycles. The molecule has 22 heavy (non-hydrogen) atoms. The van der Waals surface area contributed by atoms with Gasteiger partial charge in [-0.15, -0.1) is 0 Å². The Hall–Kier alpha value is -1.75. The molecule has 0 bridgehead atoms. The van der Waals surface area contributed by atoms with Crippen LogP contribution in [0.4, 0.5) is 4.79 Å². The zero-order chi connectivity index (χ0) is 16.3. The molecule has 0 aliphatic carbocycles. The average molecular weight is 325 g/mol. The molecule has 1 heterocycles. The number of esters is 1. The van der Waals surface area contributed by atoms with Crippen molar-refractivity contribution in [2.45, 2.75) is 19.8 Å². The maximum atomic E-state index is 12.3. The van der Waals surface area contributed by atoms with Crippen LogP contribution in [0.5, 0.6) is 5.75 Å². The smallest absolute Gasteiger partial charge is 0.319 e. The van der Waals surface area contributed by atoms with Crippen molar-refractivity contribution >= 4 is 23.6 Å². The number of urea groups is 1. The Balaban J connectivity index is 2.03. The van der Waals surface area contributed by atoms with Crippen LogP contribution in [-0.4, -0.2) is 49.0 Å². The fraction of sp³-hybridized carbons (Fsp3) is 0.500. The first-order valence-electron chi connectivity index (χ1n) is 7.32. The van der Waals surface area contributed by atoms with Gasteiger partial charge in [0.25, 0.3) is 0 Å². The van der Waals surface area contributed by atoms with E-state index in [2.05, 4.69) is 0 Å². The molecule has 0 radical (unpaired) electrons. The summed E-state index contributed by atoms with van der Waals surface area (Å²) >= 11 is 6.05. The molecule has 0 unspecified atom stereocenters. The molecule has 1 saturated heterocycles. The summed E-state index contributed by atoms with van der Waals surface area (Å²) in [4.78, 5) is 27.5. The van der Waals surface area contributed by atoms with E-state index < -0.39 is 0 Å². The molecule has 0 spiro atoms. The fourth-order valence-electron chi connectivity index (χ4n) is 2.51. The number of halogens is 1. The minimum atomic E-state index is -0.330. The molecule has 1 fully saturated rings. The Bertz CT molecular complexity index is 575. The van der Waals surface area contributed by atoms with Gasteiger partial charge in [0.15, 0.2) is 0 Å². The maximum absolute atomic E-state index is 12.3. The van der Waals surface area contributed by atoms with E-state index in [4.69, 9.17) is 16.3 Å². The zero-order valence-electron chi connectivity index (χ0n) is 13.1. The monoisotopic (exact) mass is 324 g/mol. The van der Waals surface area contributed by atoms with E-state index in [1.54, 1.807) is 31.1 Å². The SMILES string of the molecule is Cc1ccc(Cl)c(OC(=O)[C@H]2CCCN(C(=O)N(C)C)C2)c1. The van der Waals surface area contributed by atoms with E-state index in [1.165, 1.54) is 4.90 Å². The van der Waals surface area contributed by atoms with Gasteiger partial charge >= 0.3 is 12.0 Å². The summed E-state index contributed by atoms with van der Waals surface area (Å²) in [6.45, 7) is 2.97. The number of nitrogens with zero attached hydrogens (tertiary/aromatic N) is 2. The second-order valence-corrected chi connectivity index (χ2v) is 6.22. The fourth-order valence-corrected chi connectivity index (χ4v) is 2.66. The molecule has 2 amide bonds. The van der Waals surface area contributed by atoms with E-state index >= 15 is 0 Å². The van der Waals surface area contributed by atoms with Gasteiger partial charge in [-0.25, -0.2) is 4.79 Å². The van der Waals surface area contributed by atoms with Crippen LogP contribution in [0.25, 0.3) is 0 Å². The highest BCUT2D eigenvalue weighted by Gasteiger charge is 2.30. The summed E-state index contributed by atoms with van der Waals surface area (Å²) in [5.74, 6) is -0.263. The molecule has 6 heteroatoms. The lowest BCUT2D eigenvalue weighted by Crippen LogP contribution is -2.47. The molecular formula is C16H21ClN2O3. The van der Waals surface area contributed by atoms with Gasteiger partial charge in [0.1, 0.15) is 5.75 Å². The van der Waals surface area contributed by atoms with Crippen LogP contribution in [0.1, 0.15) is 18.4 Å². The Morgan fingerprint density at radius 3 is 2.77 bits per heavy atom. The van der Waals surface area contributed by atoms with Crippen molar-refractivity contribution in [2.75, 3.05) is 27.2 Å². The van der Waals surface area contributed by atoms with Gasteiger partial charge in [0.05, 0.1) is 10.9 Å². The normalized spacial score (nSPS) is 18.0. The molecule has 0 N–H and O–H groups in total. The predicted octanol–water partition coefficient (Wildman–Crippen LogP) is 2.95. The van der Waals surface area contributed by atoms with Crippen LogP contribution in [-0.2, 0) is 4.79 Å². The lowest BCUT2D eigenvalue weighted by Gasteiger charge is -2.33. The summed E-state index contributed by atoms with van der Waals surface area (Å²) in [6.07, 6.45) is 1.51. The van der Waals surface area contributed by atoms with Crippen molar-refractivity contribution in [2.24, 2.45) is 5.92 Å². The van der Waals surface area contributed by atoms with E-state index in [0.29, 0.717) is 23.9 Å². The molecule has 0 aromatic heterocycles. The van der Waals surface area contributed by atoms with Crippen molar-refractivity contribution < 1.29 is 14.3 Å². The van der Waals surface area contributed by atoms with E-state index in [-0.39, 0.29) is 17.9 Å². The molecule has 0 saturated carbocycles. The number of likely N-dealkylation sites (tertiary alicyclic amines) is 1. The van der Waals surface area contributed by atoms with Gasteiger partial charge in [-0.2, -0.15) is 0 Å². The topological polar surface area (TPSA) is 49.9 Å². The van der Waals surface area contributed by atoms with Gasteiger partial charge in [0, 0.05) is 27.2 Å². The number of piperidine rings is 1. The maximum Gasteiger partial charge on any atom is 0.319 e. The first-order chi connectivity index (χ1) is 10.4. The quantitative estimate of drug-likeness (QED) is 0.621. The summed E-state index contributed by atoms with van der Waals surface area (Å²) < 4.78 is 5.43. The Labute approximate surface area is 135 Å². The molecule has 1 aliphatic rings. The molecule has 5 nitrogen and oxygen atoms in total. The minimum Gasteiger partial charge on any atom is -0.425 e. The third-order valence-corrected chi connectivity index (χ3v) is 4.02. The lowest BCUT2D eigenvalue weighted by atomic mass is 9.98. The summed E-state index contributed by atoms with van der Waals surface area (Å²) in [7, 11) is 3.41. The zero-order valence-corrected chi connectivity index (χ0v) is 13.9. The number of benzene rings is 1. The Morgan fingerprint density at radius 2 is 2.09 bits per heavy atom. The van der Waals surface area contributed by atoms with E-state index in [0.717, 1.165) is 18.4 Å². The van der Waals surface area contributed by atoms with Gasteiger partial charge in [0.2, 0.25) is 0 Å². The van der Waals surface area contributed by atoms with Gasteiger partial charge < -0.3 is 14.5 Å². The van der Waals surface area contributed by atoms with Crippen molar-refractivity contribution in [3.8, 4) is 5.75 Å². The number of amides is 2. The summed E-state index contributed by atoms with van der Waals surface area (Å²) in [5.41, 5.74) is 0.972. The predicted molar refractivity (Wildman–Crippen MR) is 85.2 cm³/mol. The minimum absolute atomic E-state index is 0.0777. The van der Waals surface area contributed by atoms with Crippen LogP contribution in [0.3, 0.4) is 0 Å². The number of aryl methyl sites for hydroxylation is 1. The first-order valence-corrected chi connectivity index (χ1v) is 7.70. The summed E-state index contributed by atoms with van der Waals surface area (Å²) in [6, 6.07) is 5.23. The highest BCUT2D eigenvalue weighted by Crippen LogP contribution is 2.27. The number of ether oxygens (including phenoxy) is 1. The standard InChI is InChI=1S/C16H21ClN2O3/c1-11-6-7-13(17)14(9-11)22-15(20)12-5-4-8-19(10-12)16(21)18(2)3/h6-7,9,12H,4-5,8,10H2,1-3H3/t12-/m0/s1. The van der Waals surface area contributed by atoms with Crippen molar-refractivity contribution in [3.05, 3.63) is 28.8 Å². The lowest BCUT2D eigenvalue weighted by molar-refractivity contribution is -0.140. The van der Waals surface area contributed by atoms with Crippen molar-refractivity contribution in [3.63, 3.8) is 0 Å². The van der Waals surface area contributed by atoms with Gasteiger partial charge in [-0.1, -0.05) is 17.7 Å². The van der Waals surface area contributed by atoms with E-state index in [1.807, 2.05) is 13.0 Å². The third kappa shape index (κ3) is 3.91. The molecular weight excluding hydrogens is 304 g/mol. The third-order valence-electron chi connectivity index (χ3n) is 3.71. The molecule has 120 valence electrons. The summed E-state index contributed by atoms with van der Waals surface area (Å²) in [5, 5.41) is 0.413. The largest absolute Gasteiger partial charge is 0.425 e. The second-order valence-electron chi connectivity index (χ2n) is 5.82. The number of rotatable bonds is 2. The van der Waals surface area contributed by atoms with Crippen molar-refractivity contribution in [1.82, 2.24) is 9.80 Å². The molecule has 1 atom stereocenters.